The minimum atomic E-state index is 0.155. The SMILES string of the molecule is CC(C)(C)c1csc(CN(CCCl)C2CCC2)n1. The number of alkyl halides is 1. The van der Waals surface area contributed by atoms with Crippen LogP contribution in [0.25, 0.3) is 0 Å². The maximum atomic E-state index is 5.91. The van der Waals surface area contributed by atoms with E-state index in [1.54, 1.807) is 11.3 Å². The predicted octanol–water partition coefficient (Wildman–Crippen LogP) is 4.03. The molecule has 1 saturated carbocycles. The van der Waals surface area contributed by atoms with E-state index in [0.29, 0.717) is 5.88 Å². The van der Waals surface area contributed by atoms with E-state index in [1.807, 2.05) is 0 Å². The molecule has 0 spiro atoms. The highest BCUT2D eigenvalue weighted by Gasteiger charge is 2.26. The van der Waals surface area contributed by atoms with E-state index < -0.39 is 0 Å². The first-order chi connectivity index (χ1) is 8.50. The van der Waals surface area contributed by atoms with E-state index in [2.05, 4.69) is 31.1 Å². The summed E-state index contributed by atoms with van der Waals surface area (Å²) < 4.78 is 0. The van der Waals surface area contributed by atoms with Gasteiger partial charge < -0.3 is 0 Å². The lowest BCUT2D eigenvalue weighted by atomic mass is 9.91. The quantitative estimate of drug-likeness (QED) is 0.760. The number of halogens is 1. The summed E-state index contributed by atoms with van der Waals surface area (Å²) in [5.74, 6) is 0.716. The summed E-state index contributed by atoms with van der Waals surface area (Å²) in [4.78, 5) is 7.28. The van der Waals surface area contributed by atoms with Crippen LogP contribution in [0.1, 0.15) is 50.7 Å². The van der Waals surface area contributed by atoms with Crippen molar-refractivity contribution in [1.29, 1.82) is 0 Å². The highest BCUT2D eigenvalue weighted by atomic mass is 35.5. The number of nitrogens with zero attached hydrogens (tertiary/aromatic N) is 2. The second kappa shape index (κ2) is 5.89. The van der Waals surface area contributed by atoms with Crippen molar-refractivity contribution in [3.05, 3.63) is 16.1 Å². The lowest BCUT2D eigenvalue weighted by Gasteiger charge is -2.36. The third kappa shape index (κ3) is 3.46. The highest BCUT2D eigenvalue weighted by Crippen LogP contribution is 2.28. The zero-order valence-electron chi connectivity index (χ0n) is 11.6. The van der Waals surface area contributed by atoms with Gasteiger partial charge in [-0.05, 0) is 12.8 Å². The minimum Gasteiger partial charge on any atom is -0.293 e. The molecule has 0 radical (unpaired) electrons. The van der Waals surface area contributed by atoms with E-state index in [0.717, 1.165) is 19.1 Å². The van der Waals surface area contributed by atoms with Gasteiger partial charge in [0.25, 0.3) is 0 Å². The fraction of sp³-hybridized carbons (Fsp3) is 0.786. The van der Waals surface area contributed by atoms with Gasteiger partial charge in [0.2, 0.25) is 0 Å². The van der Waals surface area contributed by atoms with Gasteiger partial charge in [-0.3, -0.25) is 4.90 Å². The Kier molecular flexibility index (Phi) is 4.68. The molecule has 0 aliphatic heterocycles. The Morgan fingerprint density at radius 1 is 1.44 bits per heavy atom. The van der Waals surface area contributed by atoms with Crippen LogP contribution in [-0.2, 0) is 12.0 Å². The first-order valence-electron chi connectivity index (χ1n) is 6.75. The lowest BCUT2D eigenvalue weighted by Crippen LogP contribution is -2.40. The largest absolute Gasteiger partial charge is 0.293 e. The first kappa shape index (κ1) is 14.3. The summed E-state index contributed by atoms with van der Waals surface area (Å²) in [6.45, 7) is 8.60. The van der Waals surface area contributed by atoms with Crippen LogP contribution >= 0.6 is 22.9 Å². The molecule has 0 amide bonds. The molecule has 1 aromatic rings. The number of rotatable bonds is 5. The Morgan fingerprint density at radius 3 is 2.61 bits per heavy atom. The van der Waals surface area contributed by atoms with Crippen LogP contribution < -0.4 is 0 Å². The van der Waals surface area contributed by atoms with E-state index >= 15 is 0 Å². The molecule has 18 heavy (non-hydrogen) atoms. The maximum absolute atomic E-state index is 5.91. The Labute approximate surface area is 119 Å². The van der Waals surface area contributed by atoms with Gasteiger partial charge in [0.05, 0.1) is 12.2 Å². The number of hydrogen-bond donors (Lipinski definition) is 0. The van der Waals surface area contributed by atoms with E-state index in [-0.39, 0.29) is 5.41 Å². The lowest BCUT2D eigenvalue weighted by molar-refractivity contribution is 0.127. The van der Waals surface area contributed by atoms with Crippen molar-refractivity contribution in [3.8, 4) is 0 Å². The van der Waals surface area contributed by atoms with Crippen molar-refractivity contribution in [2.24, 2.45) is 0 Å². The minimum absolute atomic E-state index is 0.155. The van der Waals surface area contributed by atoms with Crippen LogP contribution in [0.3, 0.4) is 0 Å². The number of aromatic nitrogens is 1. The summed E-state index contributed by atoms with van der Waals surface area (Å²) in [6.07, 6.45) is 4.03. The maximum Gasteiger partial charge on any atom is 0.107 e. The number of hydrogen-bond acceptors (Lipinski definition) is 3. The van der Waals surface area contributed by atoms with Crippen molar-refractivity contribution in [2.45, 2.75) is 58.0 Å². The van der Waals surface area contributed by atoms with E-state index in [4.69, 9.17) is 16.6 Å². The highest BCUT2D eigenvalue weighted by molar-refractivity contribution is 7.09. The van der Waals surface area contributed by atoms with Gasteiger partial charge in [0.15, 0.2) is 0 Å². The fourth-order valence-electron chi connectivity index (χ4n) is 2.15. The molecule has 1 aliphatic carbocycles. The van der Waals surface area contributed by atoms with Gasteiger partial charge in [-0.25, -0.2) is 4.98 Å². The van der Waals surface area contributed by atoms with Crippen molar-refractivity contribution in [3.63, 3.8) is 0 Å². The molecule has 1 heterocycles. The van der Waals surface area contributed by atoms with Crippen molar-refractivity contribution in [2.75, 3.05) is 12.4 Å². The molecule has 1 aromatic heterocycles. The predicted molar refractivity (Wildman–Crippen MR) is 79.6 cm³/mol. The third-order valence-corrected chi connectivity index (χ3v) is 4.62. The summed E-state index contributed by atoms with van der Waals surface area (Å²) in [6, 6.07) is 0.741. The molecular formula is C14H23ClN2S. The Hall–Kier alpha value is -0.120. The monoisotopic (exact) mass is 286 g/mol. The second-order valence-corrected chi connectivity index (χ2v) is 7.44. The van der Waals surface area contributed by atoms with Crippen LogP contribution in [0.15, 0.2) is 5.38 Å². The first-order valence-corrected chi connectivity index (χ1v) is 8.17. The summed E-state index contributed by atoms with van der Waals surface area (Å²) in [5, 5.41) is 3.44. The molecule has 0 saturated heterocycles. The fourth-order valence-corrected chi connectivity index (χ4v) is 3.42. The third-order valence-electron chi connectivity index (χ3n) is 3.62. The zero-order valence-corrected chi connectivity index (χ0v) is 13.2. The van der Waals surface area contributed by atoms with Crippen LogP contribution in [0.5, 0.6) is 0 Å². The molecule has 4 heteroatoms. The second-order valence-electron chi connectivity index (χ2n) is 6.12. The van der Waals surface area contributed by atoms with Gasteiger partial charge >= 0.3 is 0 Å². The van der Waals surface area contributed by atoms with Crippen LogP contribution in [0.2, 0.25) is 0 Å². The average Bonchev–Trinajstić information content (AvgIpc) is 2.63. The van der Waals surface area contributed by atoms with Gasteiger partial charge in [-0.1, -0.05) is 27.2 Å². The summed E-state index contributed by atoms with van der Waals surface area (Å²) in [7, 11) is 0. The van der Waals surface area contributed by atoms with Gasteiger partial charge in [0.1, 0.15) is 5.01 Å². The molecule has 1 fully saturated rings. The Bertz CT molecular complexity index is 379. The molecule has 2 nitrogen and oxygen atoms in total. The molecule has 102 valence electrons. The summed E-state index contributed by atoms with van der Waals surface area (Å²) in [5.41, 5.74) is 1.37. The zero-order chi connectivity index (χ0) is 13.2. The van der Waals surface area contributed by atoms with Crippen molar-refractivity contribution >= 4 is 22.9 Å². The smallest absolute Gasteiger partial charge is 0.107 e. The van der Waals surface area contributed by atoms with Crippen LogP contribution in [0, 0.1) is 0 Å². The van der Waals surface area contributed by atoms with Crippen molar-refractivity contribution in [1.82, 2.24) is 9.88 Å². The normalized spacial score (nSPS) is 17.2. The Morgan fingerprint density at radius 2 is 2.17 bits per heavy atom. The average molecular weight is 287 g/mol. The van der Waals surface area contributed by atoms with E-state index in [9.17, 15) is 0 Å². The molecule has 0 aromatic carbocycles. The molecule has 2 rings (SSSR count). The van der Waals surface area contributed by atoms with Crippen LogP contribution in [-0.4, -0.2) is 28.4 Å². The van der Waals surface area contributed by atoms with Gasteiger partial charge in [-0.15, -0.1) is 22.9 Å². The molecule has 0 atom stereocenters. The molecular weight excluding hydrogens is 264 g/mol. The van der Waals surface area contributed by atoms with Gasteiger partial charge in [0, 0.05) is 29.3 Å². The van der Waals surface area contributed by atoms with Crippen LogP contribution in [0.4, 0.5) is 0 Å². The molecule has 0 N–H and O–H groups in total. The molecule has 0 unspecified atom stereocenters. The number of thiazole rings is 1. The summed E-state index contributed by atoms with van der Waals surface area (Å²) >= 11 is 7.69. The standard InChI is InChI=1S/C14H23ClN2S/c1-14(2,3)12-10-18-13(16-12)9-17(8-7-15)11-5-4-6-11/h10-11H,4-9H2,1-3H3. The van der Waals surface area contributed by atoms with E-state index in [1.165, 1.54) is 30.0 Å². The Balaban J connectivity index is 2.00. The van der Waals surface area contributed by atoms with Gasteiger partial charge in [-0.2, -0.15) is 0 Å². The molecule has 0 bridgehead atoms. The van der Waals surface area contributed by atoms with Crippen molar-refractivity contribution < 1.29 is 0 Å². The molecule has 1 aliphatic rings. The topological polar surface area (TPSA) is 16.1 Å².